The molecule has 0 saturated heterocycles. The highest BCUT2D eigenvalue weighted by Crippen LogP contribution is 2.46. The van der Waals surface area contributed by atoms with Gasteiger partial charge in [0.25, 0.3) is 0 Å². The van der Waals surface area contributed by atoms with E-state index in [2.05, 4.69) is 170 Å². The van der Waals surface area contributed by atoms with E-state index in [1.54, 1.807) is 0 Å². The number of nitrogens with zero attached hydrogens (tertiary/aromatic N) is 2. The van der Waals surface area contributed by atoms with Gasteiger partial charge in [-0.05, 0) is 57.5 Å². The van der Waals surface area contributed by atoms with E-state index in [1.165, 1.54) is 36.7 Å². The molecule has 0 aliphatic heterocycles. The summed E-state index contributed by atoms with van der Waals surface area (Å²) in [5.74, 6) is 0.713. The highest BCUT2D eigenvalue weighted by molar-refractivity contribution is 7.26. The maximum Gasteiger partial charge on any atom is 0.160 e. The molecule has 3 nitrogen and oxygen atoms in total. The van der Waals surface area contributed by atoms with E-state index in [0.29, 0.717) is 5.82 Å². The highest BCUT2D eigenvalue weighted by Gasteiger charge is 2.20. The molecule has 3 aromatic heterocycles. The van der Waals surface area contributed by atoms with Gasteiger partial charge in [0.15, 0.2) is 5.82 Å². The van der Waals surface area contributed by atoms with E-state index >= 15 is 0 Å². The van der Waals surface area contributed by atoms with Crippen molar-refractivity contribution in [1.82, 2.24) is 9.97 Å². The predicted octanol–water partition coefficient (Wildman–Crippen LogP) is 15.9. The number of hydrogen-bond donors (Lipinski definition) is 0. The molecule has 4 heteroatoms. The molecule has 0 atom stereocenters. The Morgan fingerprint density at radius 2 is 0.900 bits per heavy atom. The lowest BCUT2D eigenvalue weighted by atomic mass is 9.92. The second-order valence-corrected chi connectivity index (χ2v) is 16.3. The minimum absolute atomic E-state index is 0.713. The van der Waals surface area contributed by atoms with Crippen molar-refractivity contribution in [2.75, 3.05) is 0 Å². The molecule has 0 saturated carbocycles. The van der Waals surface area contributed by atoms with Crippen LogP contribution in [-0.2, 0) is 0 Å². The Bertz CT molecular complexity index is 3510. The van der Waals surface area contributed by atoms with Crippen LogP contribution in [0.3, 0.4) is 0 Å². The number of fused-ring (bicyclic) bond motifs is 8. The molecule has 280 valence electrons. The molecule has 0 unspecified atom stereocenters. The van der Waals surface area contributed by atoms with Crippen LogP contribution in [0.4, 0.5) is 0 Å². The molecule has 0 spiro atoms. The molecular weight excluding hydrogens is 749 g/mol. The summed E-state index contributed by atoms with van der Waals surface area (Å²) >= 11 is 1.87. The standard InChI is InChI=1S/C56H34N2OS/c1-3-13-38(14-4-1)49-34-50(58-56(57-49)40-15-5-2-6-16-40)39-31-27-36(28-32-39)35-25-29-37(30-26-35)41-20-12-23-51-53(41)48-33-47(42-17-7-8-19-44(42)54(48)59-51)46-22-11-21-45-43-18-9-10-24-52(43)60-55(45)46/h1-34H. The van der Waals surface area contributed by atoms with Crippen LogP contribution in [0.2, 0.25) is 0 Å². The van der Waals surface area contributed by atoms with E-state index in [1.807, 2.05) is 47.7 Å². The Labute approximate surface area is 350 Å². The van der Waals surface area contributed by atoms with Crippen LogP contribution in [0.25, 0.3) is 120 Å². The molecule has 0 amide bonds. The van der Waals surface area contributed by atoms with Gasteiger partial charge in [-0.1, -0.05) is 182 Å². The summed E-state index contributed by atoms with van der Waals surface area (Å²) in [6, 6.07) is 73.1. The maximum atomic E-state index is 6.75. The fourth-order valence-electron chi connectivity index (χ4n) is 8.81. The molecule has 0 bridgehead atoms. The average molecular weight is 783 g/mol. The third kappa shape index (κ3) is 5.72. The van der Waals surface area contributed by atoms with E-state index in [-0.39, 0.29) is 0 Å². The highest BCUT2D eigenvalue weighted by atomic mass is 32.1. The van der Waals surface area contributed by atoms with Crippen LogP contribution in [0.5, 0.6) is 0 Å². The van der Waals surface area contributed by atoms with Crippen molar-refractivity contribution < 1.29 is 4.42 Å². The smallest absolute Gasteiger partial charge is 0.160 e. The Morgan fingerprint density at radius 1 is 0.350 bits per heavy atom. The van der Waals surface area contributed by atoms with Crippen LogP contribution in [0.1, 0.15) is 0 Å². The van der Waals surface area contributed by atoms with Crippen molar-refractivity contribution in [3.05, 3.63) is 206 Å². The lowest BCUT2D eigenvalue weighted by molar-refractivity contribution is 0.673. The Balaban J connectivity index is 0.930. The van der Waals surface area contributed by atoms with Crippen LogP contribution >= 0.6 is 11.3 Å². The van der Waals surface area contributed by atoms with E-state index in [4.69, 9.17) is 14.4 Å². The third-order valence-corrected chi connectivity index (χ3v) is 13.0. The summed E-state index contributed by atoms with van der Waals surface area (Å²) in [5.41, 5.74) is 13.8. The van der Waals surface area contributed by atoms with Gasteiger partial charge in [-0.25, -0.2) is 9.97 Å². The van der Waals surface area contributed by atoms with Crippen molar-refractivity contribution in [1.29, 1.82) is 0 Å². The number of aromatic nitrogens is 2. The van der Waals surface area contributed by atoms with E-state index < -0.39 is 0 Å². The lowest BCUT2D eigenvalue weighted by Gasteiger charge is -2.11. The largest absolute Gasteiger partial charge is 0.455 e. The SMILES string of the molecule is c1ccc(-c2cc(-c3ccc(-c4ccc(-c5cccc6oc7c8ccccc8c(-c8cccc9c8sc8ccccc89)cc7c56)cc4)cc3)nc(-c3ccccc3)n2)cc1. The number of benzene rings is 9. The predicted molar refractivity (Wildman–Crippen MR) is 252 cm³/mol. The summed E-state index contributed by atoms with van der Waals surface area (Å²) in [6.07, 6.45) is 0. The van der Waals surface area contributed by atoms with Crippen LogP contribution in [0, 0.1) is 0 Å². The van der Waals surface area contributed by atoms with Crippen LogP contribution in [-0.4, -0.2) is 9.97 Å². The zero-order valence-electron chi connectivity index (χ0n) is 32.3. The first kappa shape index (κ1) is 34.4. The Kier molecular flexibility index (Phi) is 8.03. The van der Waals surface area contributed by atoms with Crippen molar-refractivity contribution >= 4 is 64.2 Å². The van der Waals surface area contributed by atoms with Crippen LogP contribution in [0.15, 0.2) is 211 Å². The van der Waals surface area contributed by atoms with Crippen LogP contribution < -0.4 is 0 Å². The third-order valence-electron chi connectivity index (χ3n) is 11.7. The van der Waals surface area contributed by atoms with Gasteiger partial charge in [-0.15, -0.1) is 11.3 Å². The minimum Gasteiger partial charge on any atom is -0.455 e. The molecule has 0 aliphatic rings. The maximum absolute atomic E-state index is 6.75. The monoisotopic (exact) mass is 782 g/mol. The molecule has 0 aliphatic carbocycles. The first-order valence-corrected chi connectivity index (χ1v) is 21.0. The van der Waals surface area contributed by atoms with E-state index in [9.17, 15) is 0 Å². The molecule has 0 N–H and O–H groups in total. The first-order chi connectivity index (χ1) is 29.7. The van der Waals surface area contributed by atoms with Crippen molar-refractivity contribution in [2.24, 2.45) is 0 Å². The van der Waals surface area contributed by atoms with E-state index in [0.717, 1.165) is 77.7 Å². The molecule has 60 heavy (non-hydrogen) atoms. The summed E-state index contributed by atoms with van der Waals surface area (Å²) in [7, 11) is 0. The number of furan rings is 1. The Hall–Kier alpha value is -7.66. The molecule has 12 rings (SSSR count). The molecule has 3 heterocycles. The second-order valence-electron chi connectivity index (χ2n) is 15.3. The first-order valence-electron chi connectivity index (χ1n) is 20.2. The fraction of sp³-hybridized carbons (Fsp3) is 0. The average Bonchev–Trinajstić information content (AvgIpc) is 3.91. The summed E-state index contributed by atoms with van der Waals surface area (Å²) in [4.78, 5) is 10.00. The van der Waals surface area contributed by atoms with Gasteiger partial charge in [0.2, 0.25) is 0 Å². The topological polar surface area (TPSA) is 38.9 Å². The van der Waals surface area contributed by atoms with Gasteiger partial charge in [0.05, 0.1) is 11.4 Å². The quantitative estimate of drug-likeness (QED) is 0.169. The molecular formula is C56H34N2OS. The fourth-order valence-corrected chi connectivity index (χ4v) is 10.0. The second kappa shape index (κ2) is 14.0. The Morgan fingerprint density at radius 3 is 1.63 bits per heavy atom. The minimum atomic E-state index is 0.713. The molecule has 12 aromatic rings. The summed E-state index contributed by atoms with van der Waals surface area (Å²) in [6.45, 7) is 0. The molecule has 0 radical (unpaired) electrons. The zero-order chi connectivity index (χ0) is 39.6. The van der Waals surface area contributed by atoms with Crippen molar-refractivity contribution in [3.63, 3.8) is 0 Å². The number of rotatable bonds is 6. The normalized spacial score (nSPS) is 11.7. The number of hydrogen-bond acceptors (Lipinski definition) is 4. The van der Waals surface area contributed by atoms with Gasteiger partial charge < -0.3 is 4.42 Å². The molecule has 0 fully saturated rings. The zero-order valence-corrected chi connectivity index (χ0v) is 33.2. The van der Waals surface area contributed by atoms with Gasteiger partial charge in [0.1, 0.15) is 11.2 Å². The summed E-state index contributed by atoms with van der Waals surface area (Å²) < 4.78 is 9.37. The van der Waals surface area contributed by atoms with Gasteiger partial charge in [-0.3, -0.25) is 0 Å². The lowest BCUT2D eigenvalue weighted by Crippen LogP contribution is -1.95. The van der Waals surface area contributed by atoms with Crippen molar-refractivity contribution in [3.8, 4) is 67.3 Å². The van der Waals surface area contributed by atoms with Crippen molar-refractivity contribution in [2.45, 2.75) is 0 Å². The number of thiophene rings is 1. The van der Waals surface area contributed by atoms with Gasteiger partial charge in [0, 0.05) is 58.6 Å². The van der Waals surface area contributed by atoms with Gasteiger partial charge >= 0.3 is 0 Å². The van der Waals surface area contributed by atoms with Gasteiger partial charge in [-0.2, -0.15) is 0 Å². The molecule has 9 aromatic carbocycles. The summed E-state index contributed by atoms with van der Waals surface area (Å²) in [5, 5.41) is 7.18.